The summed E-state index contributed by atoms with van der Waals surface area (Å²) in [6.07, 6.45) is -1.30. The summed E-state index contributed by atoms with van der Waals surface area (Å²) in [4.78, 5) is 12.2. The smallest absolute Gasteiger partial charge is 0.349 e. The van der Waals surface area contributed by atoms with E-state index in [0.717, 1.165) is 35.1 Å². The van der Waals surface area contributed by atoms with E-state index >= 15 is 0 Å². The highest BCUT2D eigenvalue weighted by Gasteiger charge is 2.33. The quantitative estimate of drug-likeness (QED) is 0.916. The number of carbonyl (C=O) groups is 1. The van der Waals surface area contributed by atoms with Gasteiger partial charge in [0, 0.05) is 17.8 Å². The number of amides is 1. The predicted molar refractivity (Wildman–Crippen MR) is 86.4 cm³/mol. The number of rotatable bonds is 3. The SMILES string of the molecule is O=C(NC1CCSCC1)c1ccc(-n2ccc(C(F)(F)F)n2)cc1. The fraction of sp³-hybridized carbons (Fsp3) is 0.375. The van der Waals surface area contributed by atoms with Crippen LogP contribution in [-0.4, -0.2) is 33.2 Å². The van der Waals surface area contributed by atoms with Gasteiger partial charge in [0.05, 0.1) is 5.69 Å². The first-order valence-corrected chi connectivity index (χ1v) is 8.71. The van der Waals surface area contributed by atoms with E-state index in [-0.39, 0.29) is 11.9 Å². The lowest BCUT2D eigenvalue weighted by molar-refractivity contribution is -0.141. The van der Waals surface area contributed by atoms with Crippen LogP contribution in [0.25, 0.3) is 5.69 Å². The number of thioether (sulfide) groups is 1. The van der Waals surface area contributed by atoms with Crippen LogP contribution in [-0.2, 0) is 6.18 Å². The topological polar surface area (TPSA) is 46.9 Å². The zero-order chi connectivity index (χ0) is 17.2. The Labute approximate surface area is 141 Å². The molecule has 0 unspecified atom stereocenters. The average Bonchev–Trinajstić information content (AvgIpc) is 3.06. The fourth-order valence-electron chi connectivity index (χ4n) is 2.50. The summed E-state index contributed by atoms with van der Waals surface area (Å²) in [6, 6.07) is 7.46. The van der Waals surface area contributed by atoms with Crippen LogP contribution in [0.15, 0.2) is 36.5 Å². The van der Waals surface area contributed by atoms with Crippen molar-refractivity contribution in [3.05, 3.63) is 47.8 Å². The molecule has 0 atom stereocenters. The second kappa shape index (κ2) is 6.88. The van der Waals surface area contributed by atoms with Crippen molar-refractivity contribution in [2.24, 2.45) is 0 Å². The van der Waals surface area contributed by atoms with Crippen LogP contribution in [0.3, 0.4) is 0 Å². The Morgan fingerprint density at radius 2 is 1.83 bits per heavy atom. The number of hydrogen-bond donors (Lipinski definition) is 1. The Bertz CT molecular complexity index is 706. The highest BCUT2D eigenvalue weighted by Crippen LogP contribution is 2.27. The van der Waals surface area contributed by atoms with Crippen LogP contribution >= 0.6 is 11.8 Å². The summed E-state index contributed by atoms with van der Waals surface area (Å²) in [6.45, 7) is 0. The van der Waals surface area contributed by atoms with Gasteiger partial charge < -0.3 is 5.32 Å². The van der Waals surface area contributed by atoms with Crippen LogP contribution in [0.4, 0.5) is 13.2 Å². The third-order valence-corrected chi connectivity index (χ3v) is 4.88. The minimum Gasteiger partial charge on any atom is -0.349 e. The summed E-state index contributed by atoms with van der Waals surface area (Å²) < 4.78 is 38.9. The van der Waals surface area contributed by atoms with Gasteiger partial charge in [-0.1, -0.05) is 0 Å². The van der Waals surface area contributed by atoms with Gasteiger partial charge >= 0.3 is 6.18 Å². The molecule has 1 aliphatic rings. The zero-order valence-electron chi connectivity index (χ0n) is 12.7. The molecule has 1 saturated heterocycles. The van der Waals surface area contributed by atoms with E-state index in [1.165, 1.54) is 6.20 Å². The average molecular weight is 355 g/mol. The van der Waals surface area contributed by atoms with Crippen molar-refractivity contribution in [2.75, 3.05) is 11.5 Å². The molecule has 2 heterocycles. The summed E-state index contributed by atoms with van der Waals surface area (Å²) in [5.74, 6) is 1.94. The summed E-state index contributed by atoms with van der Waals surface area (Å²) in [5, 5.41) is 6.50. The second-order valence-electron chi connectivity index (χ2n) is 5.55. The van der Waals surface area contributed by atoms with Gasteiger partial charge in [0.25, 0.3) is 5.91 Å². The molecule has 1 N–H and O–H groups in total. The molecule has 0 saturated carbocycles. The highest BCUT2D eigenvalue weighted by atomic mass is 32.2. The van der Waals surface area contributed by atoms with Crippen molar-refractivity contribution < 1.29 is 18.0 Å². The molecule has 0 aliphatic carbocycles. The monoisotopic (exact) mass is 355 g/mol. The van der Waals surface area contributed by atoms with E-state index in [4.69, 9.17) is 0 Å². The zero-order valence-corrected chi connectivity index (χ0v) is 13.5. The molecule has 1 aliphatic heterocycles. The third-order valence-electron chi connectivity index (χ3n) is 3.83. The number of benzene rings is 1. The first kappa shape index (κ1) is 16.9. The van der Waals surface area contributed by atoms with Crippen molar-refractivity contribution in [3.63, 3.8) is 0 Å². The van der Waals surface area contributed by atoms with Gasteiger partial charge in [-0.05, 0) is 54.7 Å². The Balaban J connectivity index is 1.68. The highest BCUT2D eigenvalue weighted by molar-refractivity contribution is 7.99. The minimum absolute atomic E-state index is 0.158. The van der Waals surface area contributed by atoms with Gasteiger partial charge in [-0.25, -0.2) is 4.68 Å². The first-order chi connectivity index (χ1) is 11.4. The molecular weight excluding hydrogens is 339 g/mol. The Morgan fingerprint density at radius 3 is 2.42 bits per heavy atom. The van der Waals surface area contributed by atoms with Gasteiger partial charge in [0.15, 0.2) is 5.69 Å². The number of nitrogens with zero attached hydrogens (tertiary/aromatic N) is 2. The minimum atomic E-state index is -4.47. The van der Waals surface area contributed by atoms with E-state index in [0.29, 0.717) is 11.3 Å². The number of aromatic nitrogens is 2. The molecular formula is C16H16F3N3OS. The van der Waals surface area contributed by atoms with Gasteiger partial charge in [-0.3, -0.25) is 4.79 Å². The molecule has 24 heavy (non-hydrogen) atoms. The van der Waals surface area contributed by atoms with Crippen LogP contribution in [0.2, 0.25) is 0 Å². The molecule has 2 aromatic rings. The fourth-order valence-corrected chi connectivity index (χ4v) is 3.60. The van der Waals surface area contributed by atoms with Crippen molar-refractivity contribution in [1.29, 1.82) is 0 Å². The van der Waals surface area contributed by atoms with Crippen LogP contribution in [0.5, 0.6) is 0 Å². The van der Waals surface area contributed by atoms with Crippen molar-refractivity contribution in [1.82, 2.24) is 15.1 Å². The standard InChI is InChI=1S/C16H16F3N3OS/c17-16(18,19)14-5-8-22(21-14)13-3-1-11(2-4-13)15(23)20-12-6-9-24-10-7-12/h1-5,8,12H,6-7,9-10H2,(H,20,23). The summed E-state index contributed by atoms with van der Waals surface area (Å²) in [7, 11) is 0. The lowest BCUT2D eigenvalue weighted by Gasteiger charge is -2.22. The van der Waals surface area contributed by atoms with Crippen molar-refractivity contribution in [2.45, 2.75) is 25.1 Å². The number of hydrogen-bond acceptors (Lipinski definition) is 3. The molecule has 1 aromatic heterocycles. The van der Waals surface area contributed by atoms with E-state index in [2.05, 4.69) is 10.4 Å². The van der Waals surface area contributed by atoms with Gasteiger partial charge in [0.1, 0.15) is 0 Å². The van der Waals surface area contributed by atoms with Gasteiger partial charge in [-0.2, -0.15) is 30.0 Å². The number of carbonyl (C=O) groups excluding carboxylic acids is 1. The third kappa shape index (κ3) is 3.92. The normalized spacial score (nSPS) is 16.1. The first-order valence-electron chi connectivity index (χ1n) is 7.55. The van der Waals surface area contributed by atoms with Gasteiger partial charge in [0.2, 0.25) is 0 Å². The van der Waals surface area contributed by atoms with E-state index in [9.17, 15) is 18.0 Å². The van der Waals surface area contributed by atoms with E-state index in [1.54, 1.807) is 24.3 Å². The maximum Gasteiger partial charge on any atom is 0.435 e. The molecule has 0 spiro atoms. The Morgan fingerprint density at radius 1 is 1.17 bits per heavy atom. The van der Waals surface area contributed by atoms with Crippen LogP contribution < -0.4 is 5.32 Å². The molecule has 1 amide bonds. The Hall–Kier alpha value is -1.96. The van der Waals surface area contributed by atoms with E-state index < -0.39 is 11.9 Å². The maximum atomic E-state index is 12.6. The van der Waals surface area contributed by atoms with Crippen molar-refractivity contribution >= 4 is 17.7 Å². The number of nitrogens with one attached hydrogen (secondary N) is 1. The van der Waals surface area contributed by atoms with Crippen molar-refractivity contribution in [3.8, 4) is 5.69 Å². The number of halogens is 3. The summed E-state index contributed by atoms with van der Waals surface area (Å²) >= 11 is 1.88. The van der Waals surface area contributed by atoms with E-state index in [1.807, 2.05) is 11.8 Å². The molecule has 0 radical (unpaired) electrons. The summed E-state index contributed by atoms with van der Waals surface area (Å²) in [5.41, 5.74) is 0.00998. The lowest BCUT2D eigenvalue weighted by atomic mass is 10.1. The Kier molecular flexibility index (Phi) is 4.84. The second-order valence-corrected chi connectivity index (χ2v) is 6.78. The predicted octanol–water partition coefficient (Wildman–Crippen LogP) is 3.52. The van der Waals surface area contributed by atoms with Crippen LogP contribution in [0, 0.1) is 0 Å². The molecule has 0 bridgehead atoms. The lowest BCUT2D eigenvalue weighted by Crippen LogP contribution is -2.37. The number of alkyl halides is 3. The maximum absolute atomic E-state index is 12.6. The largest absolute Gasteiger partial charge is 0.435 e. The van der Waals surface area contributed by atoms with Crippen LogP contribution in [0.1, 0.15) is 28.9 Å². The molecule has 8 heteroatoms. The van der Waals surface area contributed by atoms with Gasteiger partial charge in [-0.15, -0.1) is 0 Å². The molecule has 128 valence electrons. The molecule has 4 nitrogen and oxygen atoms in total. The molecule has 1 aromatic carbocycles. The molecule has 1 fully saturated rings. The molecule has 3 rings (SSSR count).